The molecule has 1 N–H and O–H groups in total. The van der Waals surface area contributed by atoms with Crippen LogP contribution < -0.4 is 10.1 Å². The second-order valence-corrected chi connectivity index (χ2v) is 5.73. The summed E-state index contributed by atoms with van der Waals surface area (Å²) in [6.45, 7) is 7.92. The van der Waals surface area contributed by atoms with Crippen LogP contribution in [0.3, 0.4) is 0 Å². The zero-order valence-electron chi connectivity index (χ0n) is 13.1. The van der Waals surface area contributed by atoms with Gasteiger partial charge in [0.1, 0.15) is 5.75 Å². The molecule has 1 aliphatic carbocycles. The molecule has 1 atom stereocenters. The fourth-order valence-electron chi connectivity index (χ4n) is 2.77. The van der Waals surface area contributed by atoms with Crippen LogP contribution in [0.4, 0.5) is 0 Å². The van der Waals surface area contributed by atoms with E-state index in [0.29, 0.717) is 6.04 Å². The van der Waals surface area contributed by atoms with E-state index in [1.165, 1.54) is 24.9 Å². The number of hydrogen-bond acceptors (Lipinski definition) is 3. The van der Waals surface area contributed by atoms with Gasteiger partial charge in [-0.05, 0) is 44.4 Å². The third-order valence-corrected chi connectivity index (χ3v) is 4.08. The maximum atomic E-state index is 5.41. The van der Waals surface area contributed by atoms with Crippen molar-refractivity contribution in [2.75, 3.05) is 26.7 Å². The average Bonchev–Trinajstić information content (AvgIpc) is 3.29. The highest BCUT2D eigenvalue weighted by molar-refractivity contribution is 5.33. The van der Waals surface area contributed by atoms with Crippen LogP contribution in [-0.2, 0) is 6.42 Å². The van der Waals surface area contributed by atoms with Gasteiger partial charge in [-0.3, -0.25) is 4.90 Å². The van der Waals surface area contributed by atoms with Crippen LogP contribution >= 0.6 is 0 Å². The van der Waals surface area contributed by atoms with Gasteiger partial charge in [0.15, 0.2) is 0 Å². The van der Waals surface area contributed by atoms with Crippen molar-refractivity contribution in [3.8, 4) is 5.75 Å². The number of likely N-dealkylation sites (N-methyl/N-ethyl adjacent to an activating group) is 1. The molecule has 20 heavy (non-hydrogen) atoms. The molecule has 1 aromatic rings. The topological polar surface area (TPSA) is 24.5 Å². The van der Waals surface area contributed by atoms with Gasteiger partial charge < -0.3 is 10.1 Å². The molecule has 0 heterocycles. The van der Waals surface area contributed by atoms with Crippen molar-refractivity contribution in [2.24, 2.45) is 0 Å². The minimum Gasteiger partial charge on any atom is -0.496 e. The number of methoxy groups -OCH3 is 1. The van der Waals surface area contributed by atoms with Crippen LogP contribution in [0.25, 0.3) is 0 Å². The summed E-state index contributed by atoms with van der Waals surface area (Å²) in [5, 5.41) is 3.63. The Morgan fingerprint density at radius 2 is 2.10 bits per heavy atom. The lowest BCUT2D eigenvalue weighted by Crippen LogP contribution is -2.37. The van der Waals surface area contributed by atoms with Gasteiger partial charge in [0.05, 0.1) is 7.11 Å². The van der Waals surface area contributed by atoms with E-state index >= 15 is 0 Å². The van der Waals surface area contributed by atoms with Crippen LogP contribution in [-0.4, -0.2) is 43.7 Å². The molecule has 0 spiro atoms. The first-order valence-corrected chi connectivity index (χ1v) is 7.84. The number of nitrogens with zero attached hydrogens (tertiary/aromatic N) is 1. The van der Waals surface area contributed by atoms with E-state index in [4.69, 9.17) is 4.74 Å². The Labute approximate surface area is 123 Å². The quantitative estimate of drug-likeness (QED) is 0.750. The van der Waals surface area contributed by atoms with E-state index in [1.54, 1.807) is 7.11 Å². The minimum absolute atomic E-state index is 0.476. The molecule has 0 aromatic heterocycles. The van der Waals surface area contributed by atoms with Gasteiger partial charge in [-0.1, -0.05) is 25.1 Å². The molecule has 112 valence electrons. The first kappa shape index (κ1) is 15.3. The highest BCUT2D eigenvalue weighted by atomic mass is 16.5. The first-order valence-electron chi connectivity index (χ1n) is 7.84. The first-order chi connectivity index (χ1) is 9.74. The Morgan fingerprint density at radius 3 is 2.75 bits per heavy atom. The number of para-hydroxylation sites is 1. The Balaban J connectivity index is 1.73. The summed E-state index contributed by atoms with van der Waals surface area (Å²) in [5.41, 5.74) is 1.28. The standard InChI is InChI=1S/C17H28N2O/c1-4-19(16-9-10-16)12-11-18-14(2)13-15-7-5-6-8-17(15)20-3/h5-8,14,16,18H,4,9-13H2,1-3H3. The maximum Gasteiger partial charge on any atom is 0.122 e. The Hall–Kier alpha value is -1.06. The molecule has 1 aromatic carbocycles. The van der Waals surface area contributed by atoms with Gasteiger partial charge in [0, 0.05) is 25.2 Å². The molecule has 1 unspecified atom stereocenters. The molecule has 1 aliphatic rings. The molecular formula is C17H28N2O. The maximum absolute atomic E-state index is 5.41. The smallest absolute Gasteiger partial charge is 0.122 e. The van der Waals surface area contributed by atoms with E-state index in [1.807, 2.05) is 12.1 Å². The van der Waals surface area contributed by atoms with E-state index in [9.17, 15) is 0 Å². The second kappa shape index (κ2) is 7.65. The number of rotatable bonds is 9. The van der Waals surface area contributed by atoms with Crippen molar-refractivity contribution >= 4 is 0 Å². The van der Waals surface area contributed by atoms with Crippen LogP contribution in [0.2, 0.25) is 0 Å². The third kappa shape index (κ3) is 4.50. The highest BCUT2D eigenvalue weighted by Crippen LogP contribution is 2.25. The molecule has 3 heteroatoms. The second-order valence-electron chi connectivity index (χ2n) is 5.73. The monoisotopic (exact) mass is 276 g/mol. The minimum atomic E-state index is 0.476. The van der Waals surface area contributed by atoms with Gasteiger partial charge in [0.25, 0.3) is 0 Å². The molecular weight excluding hydrogens is 248 g/mol. The van der Waals surface area contributed by atoms with E-state index in [2.05, 4.69) is 36.2 Å². The Bertz CT molecular complexity index is 404. The van der Waals surface area contributed by atoms with Gasteiger partial charge in [-0.15, -0.1) is 0 Å². The van der Waals surface area contributed by atoms with Crippen molar-refractivity contribution in [1.82, 2.24) is 10.2 Å². The van der Waals surface area contributed by atoms with Gasteiger partial charge in [-0.25, -0.2) is 0 Å². The molecule has 3 nitrogen and oxygen atoms in total. The lowest BCUT2D eigenvalue weighted by Gasteiger charge is -2.22. The summed E-state index contributed by atoms with van der Waals surface area (Å²) in [5.74, 6) is 0.995. The summed E-state index contributed by atoms with van der Waals surface area (Å²) in [7, 11) is 1.74. The lowest BCUT2D eigenvalue weighted by molar-refractivity contribution is 0.273. The van der Waals surface area contributed by atoms with Crippen molar-refractivity contribution in [1.29, 1.82) is 0 Å². The lowest BCUT2D eigenvalue weighted by atomic mass is 10.1. The molecule has 0 radical (unpaired) electrons. The predicted molar refractivity (Wildman–Crippen MR) is 84.4 cm³/mol. The fraction of sp³-hybridized carbons (Fsp3) is 0.647. The Morgan fingerprint density at radius 1 is 1.35 bits per heavy atom. The SMILES string of the molecule is CCN(CCNC(C)Cc1ccccc1OC)C1CC1. The molecule has 0 bridgehead atoms. The molecule has 1 saturated carbocycles. The van der Waals surface area contributed by atoms with Gasteiger partial charge in [0.2, 0.25) is 0 Å². The van der Waals surface area contributed by atoms with Crippen molar-refractivity contribution in [2.45, 2.75) is 45.2 Å². The third-order valence-electron chi connectivity index (χ3n) is 4.08. The summed E-state index contributed by atoms with van der Waals surface area (Å²) in [6, 6.07) is 9.63. The summed E-state index contributed by atoms with van der Waals surface area (Å²) in [4.78, 5) is 2.59. The van der Waals surface area contributed by atoms with Gasteiger partial charge in [-0.2, -0.15) is 0 Å². The number of ether oxygens (including phenoxy) is 1. The van der Waals surface area contributed by atoms with Crippen LogP contribution in [0.5, 0.6) is 5.75 Å². The summed E-state index contributed by atoms with van der Waals surface area (Å²) < 4.78 is 5.41. The molecule has 0 saturated heterocycles. The molecule has 1 fully saturated rings. The van der Waals surface area contributed by atoms with Gasteiger partial charge >= 0.3 is 0 Å². The Kier molecular flexibility index (Phi) is 5.86. The summed E-state index contributed by atoms with van der Waals surface area (Å²) >= 11 is 0. The van der Waals surface area contributed by atoms with Crippen LogP contribution in [0.1, 0.15) is 32.3 Å². The molecule has 0 amide bonds. The van der Waals surface area contributed by atoms with Crippen molar-refractivity contribution in [3.63, 3.8) is 0 Å². The number of benzene rings is 1. The predicted octanol–water partition coefficient (Wildman–Crippen LogP) is 2.70. The molecule has 0 aliphatic heterocycles. The summed E-state index contributed by atoms with van der Waals surface area (Å²) in [6.07, 6.45) is 3.80. The number of nitrogens with one attached hydrogen (secondary N) is 1. The van der Waals surface area contributed by atoms with Crippen molar-refractivity contribution in [3.05, 3.63) is 29.8 Å². The van der Waals surface area contributed by atoms with Crippen molar-refractivity contribution < 1.29 is 4.74 Å². The largest absolute Gasteiger partial charge is 0.496 e. The van der Waals surface area contributed by atoms with E-state index in [0.717, 1.165) is 31.3 Å². The van der Waals surface area contributed by atoms with Crippen LogP contribution in [0.15, 0.2) is 24.3 Å². The van der Waals surface area contributed by atoms with E-state index < -0.39 is 0 Å². The van der Waals surface area contributed by atoms with Crippen LogP contribution in [0, 0.1) is 0 Å². The van der Waals surface area contributed by atoms with E-state index in [-0.39, 0.29) is 0 Å². The normalized spacial score (nSPS) is 16.4. The highest BCUT2D eigenvalue weighted by Gasteiger charge is 2.27. The molecule has 2 rings (SSSR count). The average molecular weight is 276 g/mol. The number of hydrogen-bond donors (Lipinski definition) is 1. The zero-order chi connectivity index (χ0) is 14.4. The fourth-order valence-corrected chi connectivity index (χ4v) is 2.77. The zero-order valence-corrected chi connectivity index (χ0v) is 13.1.